The predicted octanol–water partition coefficient (Wildman–Crippen LogP) is 3.89. The number of benzene rings is 1. The second-order valence-electron chi connectivity index (χ2n) is 16.4. The number of nitrogens with one attached hydrogen (secondary N) is 3. The number of imide groups is 2. The lowest BCUT2D eigenvalue weighted by Crippen LogP contribution is -2.54. The van der Waals surface area contributed by atoms with Gasteiger partial charge in [0.05, 0.1) is 40.2 Å². The molecule has 0 bridgehead atoms. The van der Waals surface area contributed by atoms with Crippen LogP contribution in [0.4, 0.5) is 31.9 Å². The summed E-state index contributed by atoms with van der Waals surface area (Å²) in [5, 5.41) is 17.5. The van der Waals surface area contributed by atoms with Crippen LogP contribution in [0.3, 0.4) is 0 Å². The molecule has 1 aromatic carbocycles. The molecular weight excluding hydrogens is 838 g/mol. The minimum atomic E-state index is -1.13. The van der Waals surface area contributed by atoms with Gasteiger partial charge in [-0.3, -0.25) is 39.1 Å². The van der Waals surface area contributed by atoms with Gasteiger partial charge in [0, 0.05) is 57.3 Å². The van der Waals surface area contributed by atoms with E-state index in [-0.39, 0.29) is 52.2 Å². The Kier molecular flexibility index (Phi) is 11.4. The number of hydrogen-bond donors (Lipinski definition) is 3. The molecule has 3 fully saturated rings. The first-order valence-corrected chi connectivity index (χ1v) is 21.2. The first-order valence-electron chi connectivity index (χ1n) is 20.8. The Morgan fingerprint density at radius 1 is 0.889 bits per heavy atom. The average molecular weight is 879 g/mol. The van der Waals surface area contributed by atoms with Gasteiger partial charge >= 0.3 is 0 Å². The van der Waals surface area contributed by atoms with E-state index >= 15 is 8.78 Å². The number of halogens is 3. The zero-order chi connectivity index (χ0) is 43.9. The van der Waals surface area contributed by atoms with Gasteiger partial charge in [0.1, 0.15) is 46.9 Å². The van der Waals surface area contributed by atoms with Gasteiger partial charge < -0.3 is 20.4 Å². The van der Waals surface area contributed by atoms with Crippen molar-refractivity contribution in [3.05, 3.63) is 93.2 Å². The Bertz CT molecular complexity index is 2590. The lowest BCUT2D eigenvalue weighted by atomic mass is 9.85. The highest BCUT2D eigenvalue weighted by Gasteiger charge is 2.45. The van der Waals surface area contributed by atoms with Gasteiger partial charge in [-0.1, -0.05) is 11.6 Å². The summed E-state index contributed by atoms with van der Waals surface area (Å²) in [4.78, 5) is 87.9. The number of aromatic nitrogens is 4. The molecule has 1 saturated carbocycles. The number of hydrogen-bond acceptors (Lipinski definition) is 14. The van der Waals surface area contributed by atoms with E-state index in [4.69, 9.17) is 11.6 Å². The highest BCUT2D eigenvalue weighted by atomic mass is 35.5. The second-order valence-corrected chi connectivity index (χ2v) is 16.7. The third-order valence-corrected chi connectivity index (χ3v) is 12.8. The number of piperidine rings is 1. The number of pyridine rings is 2. The van der Waals surface area contributed by atoms with Gasteiger partial charge in [-0.2, -0.15) is 9.65 Å². The number of carbonyl (C=O) groups is 5. The molecule has 5 aliphatic rings. The van der Waals surface area contributed by atoms with E-state index in [1.54, 1.807) is 12.1 Å². The maximum Gasteiger partial charge on any atom is 0.262 e. The topological polar surface area (TPSA) is 210 Å². The number of rotatable bonds is 9. The van der Waals surface area contributed by atoms with Crippen molar-refractivity contribution in [2.75, 3.05) is 54.4 Å². The molecule has 0 spiro atoms. The van der Waals surface area contributed by atoms with Crippen LogP contribution in [-0.2, 0) is 22.6 Å². The Balaban J connectivity index is 0.737. The fourth-order valence-corrected chi connectivity index (χ4v) is 9.34. The van der Waals surface area contributed by atoms with Crippen molar-refractivity contribution in [3.8, 4) is 6.07 Å². The minimum Gasteiger partial charge on any atom is -0.367 e. The van der Waals surface area contributed by atoms with E-state index < -0.39 is 47.3 Å². The van der Waals surface area contributed by atoms with E-state index in [1.807, 2.05) is 15.9 Å². The van der Waals surface area contributed by atoms with Crippen LogP contribution in [0.15, 0.2) is 42.7 Å². The van der Waals surface area contributed by atoms with Crippen molar-refractivity contribution >= 4 is 64.3 Å². The number of carbonyl (C=O) groups excluding carboxylic acids is 5. The molecule has 324 valence electrons. The van der Waals surface area contributed by atoms with Crippen molar-refractivity contribution < 1.29 is 32.8 Å². The van der Waals surface area contributed by atoms with Crippen LogP contribution in [-0.4, -0.2) is 111 Å². The van der Waals surface area contributed by atoms with Crippen molar-refractivity contribution in [2.45, 2.75) is 63.6 Å². The molecule has 7 heterocycles. The molecule has 17 nitrogen and oxygen atoms in total. The number of anilines is 4. The van der Waals surface area contributed by atoms with Crippen LogP contribution in [0.25, 0.3) is 0 Å². The fourth-order valence-electron chi connectivity index (χ4n) is 9.15. The monoisotopic (exact) mass is 878 g/mol. The molecular formula is C43H41ClF2N12O5. The molecule has 3 aromatic heterocycles. The van der Waals surface area contributed by atoms with Crippen LogP contribution in [0.5, 0.6) is 0 Å². The predicted molar refractivity (Wildman–Crippen MR) is 223 cm³/mol. The van der Waals surface area contributed by atoms with Gasteiger partial charge in [-0.15, -0.1) is 0 Å². The minimum absolute atomic E-state index is 0.00427. The number of amides is 5. The van der Waals surface area contributed by atoms with E-state index in [2.05, 4.69) is 40.8 Å². The lowest BCUT2D eigenvalue weighted by Gasteiger charge is -2.39. The summed E-state index contributed by atoms with van der Waals surface area (Å²) in [7, 11) is 0. The molecule has 4 aliphatic heterocycles. The Morgan fingerprint density at radius 2 is 1.65 bits per heavy atom. The van der Waals surface area contributed by atoms with Gasteiger partial charge in [0.2, 0.25) is 17.8 Å². The number of piperazine rings is 1. The van der Waals surface area contributed by atoms with Crippen LogP contribution < -0.4 is 25.8 Å². The molecule has 1 unspecified atom stereocenters. The Labute approximate surface area is 364 Å². The lowest BCUT2D eigenvalue weighted by molar-refractivity contribution is -0.136. The highest BCUT2D eigenvalue weighted by molar-refractivity contribution is 6.30. The van der Waals surface area contributed by atoms with Crippen LogP contribution in [0.1, 0.15) is 86.4 Å². The Hall–Kier alpha value is -6.65. The van der Waals surface area contributed by atoms with Crippen molar-refractivity contribution in [2.24, 2.45) is 5.92 Å². The van der Waals surface area contributed by atoms with Crippen LogP contribution in [0, 0.1) is 29.0 Å². The summed E-state index contributed by atoms with van der Waals surface area (Å²) < 4.78 is 30.8. The zero-order valence-electron chi connectivity index (χ0n) is 33.9. The van der Waals surface area contributed by atoms with Gasteiger partial charge in [-0.25, -0.2) is 24.3 Å². The quantitative estimate of drug-likeness (QED) is 0.161. The standard InChI is InChI=1S/C43H41ClF2N12O5/c44-37-24(19-47)3-9-35(53-37)57-12-11-26-31(21-57)48-22-49-39(26)52-34-8-6-27(38(46)51-34)40(60)50-25-4-1-23(2-5-25)20-55-13-15-56(16-14-55)33-18-29-28(17-30(33)45)42(62)58(43(29)63)32-7-10-36(59)54-41(32)61/h3,6,8-9,17-18,22-23,25,32H,1-2,4-5,7,10-16,20-21H2,(H,50,60)(H,54,59,61)(H,48,49,51,52). The van der Waals surface area contributed by atoms with Crippen molar-refractivity contribution in [3.63, 3.8) is 0 Å². The molecule has 20 heteroatoms. The first-order chi connectivity index (χ1) is 30.4. The van der Waals surface area contributed by atoms with E-state index in [9.17, 15) is 29.2 Å². The largest absolute Gasteiger partial charge is 0.367 e. The number of fused-ring (bicyclic) bond motifs is 2. The van der Waals surface area contributed by atoms with Crippen molar-refractivity contribution in [1.29, 1.82) is 5.26 Å². The highest BCUT2D eigenvalue weighted by Crippen LogP contribution is 2.34. The van der Waals surface area contributed by atoms with Crippen LogP contribution >= 0.6 is 11.6 Å². The molecule has 5 amide bonds. The third-order valence-electron chi connectivity index (χ3n) is 12.5. The van der Waals surface area contributed by atoms with E-state index in [0.29, 0.717) is 68.8 Å². The van der Waals surface area contributed by atoms with Gasteiger partial charge in [0.15, 0.2) is 0 Å². The summed E-state index contributed by atoms with van der Waals surface area (Å²) in [6.45, 7) is 4.16. The summed E-state index contributed by atoms with van der Waals surface area (Å²) in [6, 6.07) is 9.53. The molecule has 0 radical (unpaired) electrons. The maximum atomic E-state index is 15.4. The summed E-state index contributed by atoms with van der Waals surface area (Å²) in [6.07, 6.45) is 5.19. The second kappa shape index (κ2) is 17.3. The maximum absolute atomic E-state index is 15.4. The molecule has 2 saturated heterocycles. The molecule has 9 rings (SSSR count). The fraction of sp³-hybridized carbons (Fsp3) is 0.395. The van der Waals surface area contributed by atoms with Crippen LogP contribution in [0.2, 0.25) is 5.15 Å². The Morgan fingerprint density at radius 3 is 2.37 bits per heavy atom. The average Bonchev–Trinajstić information content (AvgIpc) is 3.51. The van der Waals surface area contributed by atoms with Crippen molar-refractivity contribution in [1.82, 2.24) is 40.4 Å². The molecule has 4 aromatic rings. The molecule has 1 atom stereocenters. The summed E-state index contributed by atoms with van der Waals surface area (Å²) in [5.41, 5.74) is 1.90. The number of nitriles is 1. The first kappa shape index (κ1) is 41.7. The summed E-state index contributed by atoms with van der Waals surface area (Å²) >= 11 is 6.16. The van der Waals surface area contributed by atoms with E-state index in [0.717, 1.165) is 54.5 Å². The zero-order valence-corrected chi connectivity index (χ0v) is 34.6. The van der Waals surface area contributed by atoms with Gasteiger partial charge in [-0.05, 0) is 80.8 Å². The third kappa shape index (κ3) is 8.35. The smallest absolute Gasteiger partial charge is 0.262 e. The molecule has 3 N–H and O–H groups in total. The van der Waals surface area contributed by atoms with Gasteiger partial charge in [0.25, 0.3) is 17.7 Å². The molecule has 63 heavy (non-hydrogen) atoms. The molecule has 1 aliphatic carbocycles. The normalized spacial score (nSPS) is 21.4. The summed E-state index contributed by atoms with van der Waals surface area (Å²) in [5.74, 6) is -3.00. The number of nitrogens with zero attached hydrogens (tertiary/aromatic N) is 9. The van der Waals surface area contributed by atoms with E-state index in [1.165, 1.54) is 24.5 Å². The SMILES string of the molecule is N#Cc1ccc(N2CCc3c(ncnc3Nc3ccc(C(=O)NC4CCC(CN5CCN(c6cc7c(cc6F)C(=O)N(C6CCC(=O)NC6=O)C7=O)CC5)CC4)c(F)n3)C2)nc1Cl.